The molecule has 0 spiro atoms. The first-order valence-electron chi connectivity index (χ1n) is 10.2. The predicted octanol–water partition coefficient (Wildman–Crippen LogP) is 3.72. The Kier molecular flexibility index (Phi) is 4.83. The maximum atomic E-state index is 13.1. The number of para-hydroxylation sites is 2. The number of piperidine rings is 1. The Hall–Kier alpha value is -3.06. The minimum Gasteiger partial charge on any atom is -0.340 e. The van der Waals surface area contributed by atoms with Gasteiger partial charge in [-0.15, -0.1) is 11.3 Å². The average Bonchev–Trinajstić information content (AvgIpc) is 3.21. The van der Waals surface area contributed by atoms with Gasteiger partial charge in [0, 0.05) is 19.0 Å². The number of hydrogen-bond acceptors (Lipinski definition) is 5. The molecule has 1 atom stereocenters. The molecule has 5 rings (SSSR count). The van der Waals surface area contributed by atoms with Gasteiger partial charge in [0.2, 0.25) is 5.91 Å². The van der Waals surface area contributed by atoms with Crippen LogP contribution >= 0.6 is 11.3 Å². The number of carbonyl (C=O) groups excluding carboxylic acids is 1. The number of benzene rings is 2. The number of amides is 1. The fourth-order valence-electron chi connectivity index (χ4n) is 4.17. The molecule has 0 unspecified atom stereocenters. The van der Waals surface area contributed by atoms with Crippen molar-refractivity contribution in [3.63, 3.8) is 0 Å². The van der Waals surface area contributed by atoms with Crippen molar-refractivity contribution >= 4 is 38.4 Å². The molecule has 1 amide bonds. The summed E-state index contributed by atoms with van der Waals surface area (Å²) in [6.45, 7) is 3.17. The number of aromatic nitrogens is 3. The number of hydrogen-bond donors (Lipinski definition) is 0. The molecule has 4 aromatic rings. The molecule has 1 fully saturated rings. The predicted molar refractivity (Wildman–Crippen MR) is 119 cm³/mol. The van der Waals surface area contributed by atoms with Gasteiger partial charge in [0.15, 0.2) is 0 Å². The summed E-state index contributed by atoms with van der Waals surface area (Å²) in [5.74, 6) is 0.766. The Morgan fingerprint density at radius 1 is 1.10 bits per heavy atom. The van der Waals surface area contributed by atoms with E-state index in [2.05, 4.69) is 11.1 Å². The largest absolute Gasteiger partial charge is 0.340 e. The topological polar surface area (TPSA) is 68.1 Å². The van der Waals surface area contributed by atoms with Crippen molar-refractivity contribution in [3.8, 4) is 0 Å². The second kappa shape index (κ2) is 7.65. The SMILES string of the molecule is Cc1nc2ccccc2c(=O)n1CC(=O)N1CCC[C@H](c2nc3ccccc3s2)C1. The van der Waals surface area contributed by atoms with Crippen LogP contribution in [-0.2, 0) is 11.3 Å². The lowest BCUT2D eigenvalue weighted by molar-refractivity contribution is -0.133. The van der Waals surface area contributed by atoms with Gasteiger partial charge in [-0.2, -0.15) is 0 Å². The van der Waals surface area contributed by atoms with Gasteiger partial charge in [-0.25, -0.2) is 9.97 Å². The molecule has 7 heteroatoms. The maximum Gasteiger partial charge on any atom is 0.261 e. The minimum atomic E-state index is -0.161. The highest BCUT2D eigenvalue weighted by atomic mass is 32.1. The fraction of sp³-hybridized carbons (Fsp3) is 0.304. The van der Waals surface area contributed by atoms with E-state index in [0.29, 0.717) is 23.3 Å². The summed E-state index contributed by atoms with van der Waals surface area (Å²) in [5, 5.41) is 1.64. The van der Waals surface area contributed by atoms with Crippen molar-refractivity contribution in [2.75, 3.05) is 13.1 Å². The van der Waals surface area contributed by atoms with Gasteiger partial charge < -0.3 is 4.90 Å². The molecule has 0 radical (unpaired) electrons. The van der Waals surface area contributed by atoms with E-state index in [4.69, 9.17) is 4.98 Å². The van der Waals surface area contributed by atoms with E-state index in [1.54, 1.807) is 24.3 Å². The van der Waals surface area contributed by atoms with Crippen LogP contribution in [0.4, 0.5) is 0 Å². The molecule has 3 heterocycles. The zero-order valence-electron chi connectivity index (χ0n) is 16.7. The first-order valence-corrected chi connectivity index (χ1v) is 11.0. The molecule has 1 aliphatic heterocycles. The van der Waals surface area contributed by atoms with Gasteiger partial charge in [0.05, 0.1) is 26.1 Å². The van der Waals surface area contributed by atoms with Crippen LogP contribution in [-0.4, -0.2) is 38.4 Å². The Morgan fingerprint density at radius 2 is 1.87 bits per heavy atom. The number of rotatable bonds is 3. The van der Waals surface area contributed by atoms with Gasteiger partial charge >= 0.3 is 0 Å². The number of likely N-dealkylation sites (tertiary alicyclic amines) is 1. The van der Waals surface area contributed by atoms with Crippen molar-refractivity contribution in [2.45, 2.75) is 32.2 Å². The van der Waals surface area contributed by atoms with Gasteiger partial charge in [0.25, 0.3) is 5.56 Å². The Labute approximate surface area is 177 Å². The second-order valence-corrected chi connectivity index (χ2v) is 8.83. The zero-order chi connectivity index (χ0) is 20.7. The number of thiazole rings is 1. The van der Waals surface area contributed by atoms with Gasteiger partial charge in [-0.3, -0.25) is 14.2 Å². The molecule has 0 saturated carbocycles. The molecule has 0 bridgehead atoms. The lowest BCUT2D eigenvalue weighted by atomic mass is 9.98. The van der Waals surface area contributed by atoms with E-state index < -0.39 is 0 Å². The third-order valence-electron chi connectivity index (χ3n) is 5.78. The summed E-state index contributed by atoms with van der Waals surface area (Å²) in [6.07, 6.45) is 1.97. The average molecular weight is 419 g/mol. The third kappa shape index (κ3) is 3.39. The molecule has 152 valence electrons. The Morgan fingerprint density at radius 3 is 2.70 bits per heavy atom. The van der Waals surface area contributed by atoms with Gasteiger partial charge in [-0.05, 0) is 44.0 Å². The van der Waals surface area contributed by atoms with Crippen LogP contribution in [0.15, 0.2) is 53.3 Å². The van der Waals surface area contributed by atoms with Crippen molar-refractivity contribution in [3.05, 3.63) is 69.7 Å². The summed E-state index contributed by atoms with van der Waals surface area (Å²) in [7, 11) is 0. The van der Waals surface area contributed by atoms with E-state index in [9.17, 15) is 9.59 Å². The quantitative estimate of drug-likeness (QED) is 0.509. The molecule has 2 aromatic heterocycles. The normalized spacial score (nSPS) is 17.0. The van der Waals surface area contributed by atoms with Crippen LogP contribution in [0.5, 0.6) is 0 Å². The monoisotopic (exact) mass is 418 g/mol. The fourth-order valence-corrected chi connectivity index (χ4v) is 5.26. The summed E-state index contributed by atoms with van der Waals surface area (Å²) >= 11 is 1.71. The number of nitrogens with zero attached hydrogens (tertiary/aromatic N) is 4. The van der Waals surface area contributed by atoms with E-state index in [-0.39, 0.29) is 23.9 Å². The van der Waals surface area contributed by atoms with Crippen molar-refractivity contribution < 1.29 is 4.79 Å². The zero-order valence-corrected chi connectivity index (χ0v) is 17.6. The maximum absolute atomic E-state index is 13.1. The second-order valence-electron chi connectivity index (χ2n) is 7.77. The van der Waals surface area contributed by atoms with Crippen LogP contribution < -0.4 is 5.56 Å². The standard InChI is InChI=1S/C23H22N4O2S/c1-15-24-18-9-3-2-8-17(18)23(29)27(15)14-21(28)26-12-6-7-16(13-26)22-25-19-10-4-5-11-20(19)30-22/h2-5,8-11,16H,6-7,12-14H2,1H3/t16-/m0/s1. The lowest BCUT2D eigenvalue weighted by Gasteiger charge is -2.32. The number of fused-ring (bicyclic) bond motifs is 2. The molecule has 1 aliphatic rings. The number of aryl methyl sites for hydroxylation is 1. The summed E-state index contributed by atoms with van der Waals surface area (Å²) in [5.41, 5.74) is 1.52. The molecule has 1 saturated heterocycles. The Balaban J connectivity index is 1.37. The van der Waals surface area contributed by atoms with Crippen LogP contribution in [0.1, 0.15) is 29.6 Å². The molecule has 6 nitrogen and oxygen atoms in total. The number of carbonyl (C=O) groups is 1. The molecule has 30 heavy (non-hydrogen) atoms. The van der Waals surface area contributed by atoms with E-state index >= 15 is 0 Å². The molecular formula is C23H22N4O2S. The molecule has 0 N–H and O–H groups in total. The lowest BCUT2D eigenvalue weighted by Crippen LogP contribution is -2.42. The van der Waals surface area contributed by atoms with Crippen molar-refractivity contribution in [2.24, 2.45) is 0 Å². The van der Waals surface area contributed by atoms with Gasteiger partial charge in [-0.1, -0.05) is 24.3 Å². The van der Waals surface area contributed by atoms with E-state index in [1.165, 1.54) is 9.27 Å². The van der Waals surface area contributed by atoms with Crippen molar-refractivity contribution in [1.82, 2.24) is 19.4 Å². The van der Waals surface area contributed by atoms with Crippen LogP contribution in [0.3, 0.4) is 0 Å². The first-order chi connectivity index (χ1) is 14.6. The van der Waals surface area contributed by atoms with Crippen LogP contribution in [0.25, 0.3) is 21.1 Å². The molecular weight excluding hydrogens is 396 g/mol. The van der Waals surface area contributed by atoms with Crippen molar-refractivity contribution in [1.29, 1.82) is 0 Å². The van der Waals surface area contributed by atoms with Crippen LogP contribution in [0.2, 0.25) is 0 Å². The smallest absolute Gasteiger partial charge is 0.261 e. The summed E-state index contributed by atoms with van der Waals surface area (Å²) in [6, 6.07) is 15.4. The van der Waals surface area contributed by atoms with Crippen LogP contribution in [0, 0.1) is 6.92 Å². The highest BCUT2D eigenvalue weighted by molar-refractivity contribution is 7.18. The Bertz CT molecular complexity index is 1280. The summed E-state index contributed by atoms with van der Waals surface area (Å²) < 4.78 is 2.67. The third-order valence-corrected chi connectivity index (χ3v) is 6.98. The minimum absolute atomic E-state index is 0.0229. The highest BCUT2D eigenvalue weighted by Crippen LogP contribution is 2.33. The van der Waals surface area contributed by atoms with Gasteiger partial charge in [0.1, 0.15) is 12.4 Å². The summed E-state index contributed by atoms with van der Waals surface area (Å²) in [4.78, 5) is 37.1. The molecule has 2 aromatic carbocycles. The van der Waals surface area contributed by atoms with E-state index in [0.717, 1.165) is 29.9 Å². The highest BCUT2D eigenvalue weighted by Gasteiger charge is 2.27. The molecule has 0 aliphatic carbocycles. The van der Waals surface area contributed by atoms with E-state index in [1.807, 2.05) is 41.3 Å². The first kappa shape index (κ1) is 18.9.